The molecular formula is C16H16O4S. The van der Waals surface area contributed by atoms with E-state index in [9.17, 15) is 4.79 Å². The zero-order chi connectivity index (χ0) is 15.1. The van der Waals surface area contributed by atoms with Crippen LogP contribution in [0.3, 0.4) is 0 Å². The molecule has 21 heavy (non-hydrogen) atoms. The van der Waals surface area contributed by atoms with E-state index in [1.165, 1.54) is 0 Å². The van der Waals surface area contributed by atoms with Crippen molar-refractivity contribution >= 4 is 23.4 Å². The van der Waals surface area contributed by atoms with Gasteiger partial charge in [-0.1, -0.05) is 12.1 Å². The van der Waals surface area contributed by atoms with Gasteiger partial charge in [0.2, 0.25) is 0 Å². The highest BCUT2D eigenvalue weighted by atomic mass is 32.1. The highest BCUT2D eigenvalue weighted by molar-refractivity contribution is 7.10. The molecule has 1 N–H and O–H groups in total. The van der Waals surface area contributed by atoms with E-state index in [4.69, 9.17) is 14.6 Å². The standard InChI is InChI=1S/C16H16O4S/c1-19-14-4-2-3-12(9-14)10-20-11-15-13(7-8-21-15)5-6-16(17)18/h2-9H,10-11H2,1H3,(H,17,18). The molecule has 5 heteroatoms. The van der Waals surface area contributed by atoms with E-state index in [1.54, 1.807) is 24.5 Å². The number of hydrogen-bond acceptors (Lipinski definition) is 4. The smallest absolute Gasteiger partial charge is 0.328 e. The molecule has 0 radical (unpaired) electrons. The lowest BCUT2D eigenvalue weighted by atomic mass is 10.2. The lowest BCUT2D eigenvalue weighted by molar-refractivity contribution is -0.131. The third kappa shape index (κ3) is 4.73. The molecule has 0 spiro atoms. The number of hydrogen-bond donors (Lipinski definition) is 1. The molecule has 0 aliphatic rings. The molecule has 0 amide bonds. The Hall–Kier alpha value is -2.11. The predicted octanol–water partition coefficient (Wildman–Crippen LogP) is 3.57. The lowest BCUT2D eigenvalue weighted by Gasteiger charge is -2.06. The summed E-state index contributed by atoms with van der Waals surface area (Å²) < 4.78 is 10.8. The molecule has 2 rings (SSSR count). The van der Waals surface area contributed by atoms with Gasteiger partial charge in [-0.3, -0.25) is 0 Å². The van der Waals surface area contributed by atoms with E-state index < -0.39 is 5.97 Å². The first-order chi connectivity index (χ1) is 10.2. The number of rotatable bonds is 7. The summed E-state index contributed by atoms with van der Waals surface area (Å²) in [6, 6.07) is 9.59. The zero-order valence-electron chi connectivity index (χ0n) is 11.6. The summed E-state index contributed by atoms with van der Waals surface area (Å²) in [6.45, 7) is 0.936. The van der Waals surface area contributed by atoms with Crippen molar-refractivity contribution in [2.24, 2.45) is 0 Å². The number of carbonyl (C=O) groups is 1. The summed E-state index contributed by atoms with van der Waals surface area (Å²) in [6.07, 6.45) is 2.72. The van der Waals surface area contributed by atoms with Crippen LogP contribution in [0.5, 0.6) is 5.75 Å². The Labute approximate surface area is 127 Å². The molecule has 0 fully saturated rings. The van der Waals surface area contributed by atoms with Gasteiger partial charge in [0.15, 0.2) is 0 Å². The van der Waals surface area contributed by atoms with Crippen molar-refractivity contribution in [1.29, 1.82) is 0 Å². The van der Waals surface area contributed by atoms with E-state index in [1.807, 2.05) is 35.7 Å². The summed E-state index contributed by atoms with van der Waals surface area (Å²) in [7, 11) is 1.63. The third-order valence-electron chi connectivity index (χ3n) is 2.82. The van der Waals surface area contributed by atoms with Crippen LogP contribution in [0.25, 0.3) is 6.08 Å². The minimum absolute atomic E-state index is 0.453. The molecular weight excluding hydrogens is 288 g/mol. The highest BCUT2D eigenvalue weighted by Gasteiger charge is 2.03. The van der Waals surface area contributed by atoms with E-state index in [0.717, 1.165) is 27.8 Å². The largest absolute Gasteiger partial charge is 0.497 e. The van der Waals surface area contributed by atoms with Gasteiger partial charge in [-0.25, -0.2) is 4.79 Å². The van der Waals surface area contributed by atoms with Gasteiger partial charge in [-0.2, -0.15) is 0 Å². The van der Waals surface area contributed by atoms with Crippen LogP contribution in [-0.2, 0) is 22.7 Å². The molecule has 4 nitrogen and oxygen atoms in total. The number of ether oxygens (including phenoxy) is 2. The first-order valence-corrected chi connectivity index (χ1v) is 7.25. The Morgan fingerprint density at radius 3 is 2.95 bits per heavy atom. The minimum Gasteiger partial charge on any atom is -0.497 e. The molecule has 1 aromatic heterocycles. The first-order valence-electron chi connectivity index (χ1n) is 6.37. The molecule has 0 aliphatic heterocycles. The highest BCUT2D eigenvalue weighted by Crippen LogP contribution is 2.20. The van der Waals surface area contributed by atoms with Gasteiger partial charge in [0.05, 0.1) is 20.3 Å². The van der Waals surface area contributed by atoms with E-state index in [2.05, 4.69) is 0 Å². The van der Waals surface area contributed by atoms with Crippen molar-refractivity contribution in [3.05, 3.63) is 57.8 Å². The van der Waals surface area contributed by atoms with Crippen molar-refractivity contribution in [2.45, 2.75) is 13.2 Å². The molecule has 0 saturated heterocycles. The molecule has 0 saturated carbocycles. The fraction of sp³-hybridized carbons (Fsp3) is 0.188. The van der Waals surface area contributed by atoms with Gasteiger partial charge in [0.1, 0.15) is 5.75 Å². The average Bonchev–Trinajstić information content (AvgIpc) is 2.93. The maximum Gasteiger partial charge on any atom is 0.328 e. The number of thiophene rings is 1. The Morgan fingerprint density at radius 1 is 1.33 bits per heavy atom. The van der Waals surface area contributed by atoms with Crippen LogP contribution in [0.4, 0.5) is 0 Å². The van der Waals surface area contributed by atoms with Gasteiger partial charge in [-0.05, 0) is 40.8 Å². The molecule has 0 atom stereocenters. The number of carboxylic acids is 1. The predicted molar refractivity (Wildman–Crippen MR) is 82.5 cm³/mol. The fourth-order valence-corrected chi connectivity index (χ4v) is 2.60. The second-order valence-corrected chi connectivity index (χ2v) is 5.32. The van der Waals surface area contributed by atoms with Crippen molar-refractivity contribution in [3.8, 4) is 5.75 Å². The molecule has 0 aliphatic carbocycles. The van der Waals surface area contributed by atoms with E-state index in [0.29, 0.717) is 13.2 Å². The maximum absolute atomic E-state index is 10.5. The van der Waals surface area contributed by atoms with Crippen LogP contribution in [0.2, 0.25) is 0 Å². The van der Waals surface area contributed by atoms with Crippen molar-refractivity contribution in [2.75, 3.05) is 7.11 Å². The number of methoxy groups -OCH3 is 1. The van der Waals surface area contributed by atoms with Crippen LogP contribution in [0.15, 0.2) is 41.8 Å². The number of carboxylic acid groups (broad SMARTS) is 1. The summed E-state index contributed by atoms with van der Waals surface area (Å²) in [5.74, 6) is -0.151. The molecule has 0 unspecified atom stereocenters. The van der Waals surface area contributed by atoms with Crippen LogP contribution < -0.4 is 4.74 Å². The second-order valence-electron chi connectivity index (χ2n) is 4.32. The quantitative estimate of drug-likeness (QED) is 0.795. The minimum atomic E-state index is -0.954. The van der Waals surface area contributed by atoms with Crippen molar-refractivity contribution in [1.82, 2.24) is 0 Å². The molecule has 2 aromatic rings. The summed E-state index contributed by atoms with van der Waals surface area (Å²) >= 11 is 1.55. The zero-order valence-corrected chi connectivity index (χ0v) is 12.4. The van der Waals surface area contributed by atoms with Crippen molar-refractivity contribution < 1.29 is 19.4 Å². The lowest BCUT2D eigenvalue weighted by Crippen LogP contribution is -1.94. The van der Waals surface area contributed by atoms with Gasteiger partial charge < -0.3 is 14.6 Å². The Bertz CT molecular complexity index is 631. The maximum atomic E-state index is 10.5. The topological polar surface area (TPSA) is 55.8 Å². The second kappa shape index (κ2) is 7.61. The summed E-state index contributed by atoms with van der Waals surface area (Å²) in [5.41, 5.74) is 1.92. The first kappa shape index (κ1) is 15.3. The van der Waals surface area contributed by atoms with Crippen LogP contribution in [0, 0.1) is 0 Å². The molecule has 1 heterocycles. The third-order valence-corrected chi connectivity index (χ3v) is 3.73. The number of benzene rings is 1. The van der Waals surface area contributed by atoms with Crippen LogP contribution >= 0.6 is 11.3 Å². The van der Waals surface area contributed by atoms with Crippen LogP contribution in [-0.4, -0.2) is 18.2 Å². The van der Waals surface area contributed by atoms with E-state index in [-0.39, 0.29) is 0 Å². The normalized spacial score (nSPS) is 10.9. The van der Waals surface area contributed by atoms with Crippen molar-refractivity contribution in [3.63, 3.8) is 0 Å². The summed E-state index contributed by atoms with van der Waals surface area (Å²) in [5, 5.41) is 10.6. The van der Waals surface area contributed by atoms with Gasteiger partial charge in [-0.15, -0.1) is 11.3 Å². The van der Waals surface area contributed by atoms with Gasteiger partial charge in [0.25, 0.3) is 0 Å². The Balaban J connectivity index is 1.91. The molecule has 0 bridgehead atoms. The SMILES string of the molecule is COc1cccc(COCc2sccc2C=CC(=O)O)c1. The monoisotopic (exact) mass is 304 g/mol. The Morgan fingerprint density at radius 2 is 2.19 bits per heavy atom. The van der Waals surface area contributed by atoms with Gasteiger partial charge in [0, 0.05) is 11.0 Å². The molecule has 1 aromatic carbocycles. The van der Waals surface area contributed by atoms with Crippen LogP contribution in [0.1, 0.15) is 16.0 Å². The number of aliphatic carboxylic acids is 1. The summed E-state index contributed by atoms with van der Waals surface area (Å²) in [4.78, 5) is 11.5. The Kier molecular flexibility index (Phi) is 5.54. The molecule has 110 valence electrons. The fourth-order valence-electron chi connectivity index (χ4n) is 1.80. The average molecular weight is 304 g/mol. The van der Waals surface area contributed by atoms with E-state index >= 15 is 0 Å². The van der Waals surface area contributed by atoms with Gasteiger partial charge >= 0.3 is 5.97 Å².